The summed E-state index contributed by atoms with van der Waals surface area (Å²) in [5.74, 6) is 1.02. The van der Waals surface area contributed by atoms with Gasteiger partial charge in [0.05, 0.1) is 6.54 Å². The minimum Gasteiger partial charge on any atom is -0.323 e. The Hall–Kier alpha value is -2.02. The van der Waals surface area contributed by atoms with E-state index in [9.17, 15) is 9.59 Å². The highest BCUT2D eigenvalue weighted by Gasteiger charge is 2.55. The van der Waals surface area contributed by atoms with E-state index in [4.69, 9.17) is 0 Å². The number of imide groups is 1. The first-order valence-corrected chi connectivity index (χ1v) is 9.13. The zero-order chi connectivity index (χ0) is 17.9. The van der Waals surface area contributed by atoms with Gasteiger partial charge in [-0.3, -0.25) is 9.69 Å². The highest BCUT2D eigenvalue weighted by molar-refractivity contribution is 6.07. The van der Waals surface area contributed by atoms with E-state index in [1.54, 1.807) is 18.5 Å². The quantitative estimate of drug-likeness (QED) is 0.766. The number of hydrogen-bond acceptors (Lipinski definition) is 5. The maximum Gasteiger partial charge on any atom is 0.325 e. The Morgan fingerprint density at radius 3 is 2.56 bits per heavy atom. The molecule has 2 aliphatic heterocycles. The molecule has 0 aliphatic carbocycles. The third-order valence-corrected chi connectivity index (χ3v) is 5.27. The Kier molecular flexibility index (Phi) is 5.32. The number of hydrogen-bond donors (Lipinski definition) is 2. The lowest BCUT2D eigenvalue weighted by Crippen LogP contribution is -2.55. The molecule has 0 spiro atoms. The van der Waals surface area contributed by atoms with Crippen molar-refractivity contribution in [2.24, 2.45) is 11.8 Å². The van der Waals surface area contributed by atoms with Gasteiger partial charge in [0.25, 0.3) is 5.91 Å². The van der Waals surface area contributed by atoms with Gasteiger partial charge in [-0.05, 0) is 56.7 Å². The van der Waals surface area contributed by atoms with Crippen molar-refractivity contribution < 1.29 is 9.59 Å². The summed E-state index contributed by atoms with van der Waals surface area (Å²) in [4.78, 5) is 35.5. The van der Waals surface area contributed by atoms with Crippen molar-refractivity contribution in [3.8, 4) is 0 Å². The number of amides is 3. The summed E-state index contributed by atoms with van der Waals surface area (Å²) >= 11 is 0. The van der Waals surface area contributed by atoms with E-state index in [0.717, 1.165) is 32.4 Å². The van der Waals surface area contributed by atoms with Crippen LogP contribution in [0.3, 0.4) is 0 Å². The van der Waals surface area contributed by atoms with E-state index >= 15 is 0 Å². The summed E-state index contributed by atoms with van der Waals surface area (Å²) in [5.41, 5.74) is -0.780. The van der Waals surface area contributed by atoms with Crippen LogP contribution in [0.25, 0.3) is 0 Å². The van der Waals surface area contributed by atoms with Gasteiger partial charge in [0.15, 0.2) is 0 Å². The molecule has 136 valence electrons. The second-order valence-corrected chi connectivity index (χ2v) is 7.41. The predicted octanol–water partition coefficient (Wildman–Crippen LogP) is 1.70. The molecule has 1 aromatic rings. The Bertz CT molecular complexity index is 615. The lowest BCUT2D eigenvalue weighted by atomic mass is 9.74. The van der Waals surface area contributed by atoms with Gasteiger partial charge in [-0.25, -0.2) is 14.8 Å². The predicted molar refractivity (Wildman–Crippen MR) is 93.5 cm³/mol. The minimum absolute atomic E-state index is 0.113. The Morgan fingerprint density at radius 1 is 1.24 bits per heavy atom. The second-order valence-electron chi connectivity index (χ2n) is 7.41. The molecule has 0 aromatic carbocycles. The summed E-state index contributed by atoms with van der Waals surface area (Å²) in [6.45, 7) is 6.19. The Morgan fingerprint density at radius 2 is 1.92 bits per heavy atom. The van der Waals surface area contributed by atoms with E-state index in [1.165, 1.54) is 4.90 Å². The van der Waals surface area contributed by atoms with Crippen molar-refractivity contribution in [3.05, 3.63) is 24.3 Å². The van der Waals surface area contributed by atoms with Crippen molar-refractivity contribution in [2.45, 2.75) is 51.6 Å². The van der Waals surface area contributed by atoms with E-state index in [1.807, 2.05) is 0 Å². The van der Waals surface area contributed by atoms with Gasteiger partial charge < -0.3 is 10.6 Å². The fourth-order valence-electron chi connectivity index (χ4n) is 3.82. The molecule has 3 heterocycles. The van der Waals surface area contributed by atoms with Crippen LogP contribution in [0.4, 0.5) is 4.79 Å². The molecule has 0 bridgehead atoms. The zero-order valence-corrected chi connectivity index (χ0v) is 15.0. The lowest BCUT2D eigenvalue weighted by Gasteiger charge is -2.38. The van der Waals surface area contributed by atoms with E-state index < -0.39 is 5.54 Å². The Labute approximate surface area is 148 Å². The lowest BCUT2D eigenvalue weighted by molar-refractivity contribution is -0.134. The average Bonchev–Trinajstić information content (AvgIpc) is 2.87. The first-order chi connectivity index (χ1) is 12.0. The average molecular weight is 345 g/mol. The van der Waals surface area contributed by atoms with Crippen molar-refractivity contribution in [1.29, 1.82) is 0 Å². The molecule has 3 rings (SSSR count). The van der Waals surface area contributed by atoms with Crippen LogP contribution in [0.1, 0.15) is 45.4 Å². The molecule has 2 aliphatic rings. The largest absolute Gasteiger partial charge is 0.325 e. The van der Waals surface area contributed by atoms with Gasteiger partial charge in [0, 0.05) is 12.4 Å². The first-order valence-electron chi connectivity index (χ1n) is 9.13. The number of nitrogens with one attached hydrogen (secondary N) is 2. The molecule has 0 saturated carbocycles. The van der Waals surface area contributed by atoms with Crippen molar-refractivity contribution in [1.82, 2.24) is 25.5 Å². The minimum atomic E-state index is -0.780. The van der Waals surface area contributed by atoms with Crippen molar-refractivity contribution >= 4 is 11.9 Å². The standard InChI is InChI=1S/C18H27N5O2/c1-13(2)4-7-18(14-5-10-19-11-6-14)16(24)23(17(25)22-18)12-15-20-8-3-9-21-15/h3,8-9,13-14,19H,4-7,10-12H2,1-2H3,(H,22,25). The van der Waals surface area contributed by atoms with Crippen LogP contribution < -0.4 is 10.6 Å². The first kappa shape index (κ1) is 17.8. The molecule has 7 nitrogen and oxygen atoms in total. The molecule has 1 atom stereocenters. The number of carbonyl (C=O) groups excluding carboxylic acids is 2. The van der Waals surface area contributed by atoms with Crippen LogP contribution in [0.15, 0.2) is 18.5 Å². The van der Waals surface area contributed by atoms with E-state index in [-0.39, 0.29) is 24.4 Å². The zero-order valence-electron chi connectivity index (χ0n) is 15.0. The molecule has 2 fully saturated rings. The van der Waals surface area contributed by atoms with Crippen molar-refractivity contribution in [2.75, 3.05) is 13.1 Å². The fourth-order valence-corrected chi connectivity index (χ4v) is 3.82. The molecule has 7 heteroatoms. The summed E-state index contributed by atoms with van der Waals surface area (Å²) in [7, 11) is 0. The summed E-state index contributed by atoms with van der Waals surface area (Å²) in [6.07, 6.45) is 6.65. The molecular formula is C18H27N5O2. The van der Waals surface area contributed by atoms with E-state index in [2.05, 4.69) is 34.4 Å². The van der Waals surface area contributed by atoms with Gasteiger partial charge in [0.1, 0.15) is 11.4 Å². The maximum absolute atomic E-state index is 13.3. The molecule has 3 amide bonds. The number of aromatic nitrogens is 2. The van der Waals surface area contributed by atoms with Gasteiger partial charge in [0.2, 0.25) is 0 Å². The van der Waals surface area contributed by atoms with Gasteiger partial charge in [-0.1, -0.05) is 13.8 Å². The highest BCUT2D eigenvalue weighted by atomic mass is 16.2. The molecular weight excluding hydrogens is 318 g/mol. The molecule has 1 aromatic heterocycles. The van der Waals surface area contributed by atoms with Crippen LogP contribution >= 0.6 is 0 Å². The monoisotopic (exact) mass is 345 g/mol. The van der Waals surface area contributed by atoms with Crippen LogP contribution in [0.5, 0.6) is 0 Å². The van der Waals surface area contributed by atoms with Crippen LogP contribution in [-0.2, 0) is 11.3 Å². The van der Waals surface area contributed by atoms with Gasteiger partial charge in [-0.2, -0.15) is 0 Å². The van der Waals surface area contributed by atoms with E-state index in [0.29, 0.717) is 18.2 Å². The third-order valence-electron chi connectivity index (χ3n) is 5.27. The van der Waals surface area contributed by atoms with Gasteiger partial charge >= 0.3 is 6.03 Å². The van der Waals surface area contributed by atoms with Crippen LogP contribution in [0.2, 0.25) is 0 Å². The SMILES string of the molecule is CC(C)CCC1(C2CCNCC2)NC(=O)N(Cc2ncccn2)C1=O. The highest BCUT2D eigenvalue weighted by Crippen LogP contribution is 2.37. The van der Waals surface area contributed by atoms with Gasteiger partial charge in [-0.15, -0.1) is 0 Å². The molecule has 1 unspecified atom stereocenters. The number of nitrogens with zero attached hydrogens (tertiary/aromatic N) is 3. The smallest absolute Gasteiger partial charge is 0.323 e. The number of carbonyl (C=O) groups is 2. The summed E-state index contributed by atoms with van der Waals surface area (Å²) in [6, 6.07) is 1.40. The fraction of sp³-hybridized carbons (Fsp3) is 0.667. The van der Waals surface area contributed by atoms with Crippen molar-refractivity contribution in [3.63, 3.8) is 0 Å². The third kappa shape index (κ3) is 3.66. The molecule has 2 saturated heterocycles. The molecule has 0 radical (unpaired) electrons. The summed E-state index contributed by atoms with van der Waals surface area (Å²) < 4.78 is 0. The topological polar surface area (TPSA) is 87.2 Å². The molecule has 25 heavy (non-hydrogen) atoms. The second kappa shape index (κ2) is 7.47. The summed E-state index contributed by atoms with van der Waals surface area (Å²) in [5, 5.41) is 6.41. The number of piperidine rings is 1. The van der Waals surface area contributed by atoms with Crippen LogP contribution in [-0.4, -0.2) is 45.4 Å². The maximum atomic E-state index is 13.3. The normalized spacial score (nSPS) is 24.8. The van der Waals surface area contributed by atoms with Crippen LogP contribution in [0, 0.1) is 11.8 Å². The number of urea groups is 1. The number of rotatable bonds is 6. The molecule has 2 N–H and O–H groups in total. The Balaban J connectivity index is 1.84.